The van der Waals surface area contributed by atoms with Crippen LogP contribution >= 0.6 is 11.6 Å². The zero-order valence-corrected chi connectivity index (χ0v) is 12.3. The Bertz CT molecular complexity index is 659. The average Bonchev–Trinajstić information content (AvgIpc) is 2.45. The maximum Gasteiger partial charge on any atom is 0.323 e. The molecule has 0 saturated carbocycles. The molecule has 0 fully saturated rings. The standard InChI is InChI=1S/C15H14ClFN2O2/c1-9-7-13(14(21-2)8-12(9)16)19-15(20)18-11-5-3-10(17)4-6-11/h3-8H,1-2H3,(H2,18,19,20). The maximum absolute atomic E-state index is 12.8. The average molecular weight is 309 g/mol. The van der Waals surface area contributed by atoms with Gasteiger partial charge in [-0.3, -0.25) is 0 Å². The van der Waals surface area contributed by atoms with E-state index in [-0.39, 0.29) is 5.82 Å². The van der Waals surface area contributed by atoms with Gasteiger partial charge in [-0.05, 0) is 42.8 Å². The number of anilines is 2. The maximum atomic E-state index is 12.8. The summed E-state index contributed by atoms with van der Waals surface area (Å²) in [4.78, 5) is 11.9. The van der Waals surface area contributed by atoms with Crippen LogP contribution in [-0.2, 0) is 0 Å². The van der Waals surface area contributed by atoms with Crippen LogP contribution in [0.3, 0.4) is 0 Å². The number of amides is 2. The van der Waals surface area contributed by atoms with E-state index < -0.39 is 6.03 Å². The van der Waals surface area contributed by atoms with Crippen molar-refractivity contribution in [2.24, 2.45) is 0 Å². The number of hydrogen-bond acceptors (Lipinski definition) is 2. The molecular formula is C15H14ClFN2O2. The number of urea groups is 1. The number of hydrogen-bond donors (Lipinski definition) is 2. The van der Waals surface area contributed by atoms with Crippen molar-refractivity contribution in [1.29, 1.82) is 0 Å². The van der Waals surface area contributed by atoms with Crippen LogP contribution in [0, 0.1) is 12.7 Å². The van der Waals surface area contributed by atoms with Gasteiger partial charge >= 0.3 is 6.03 Å². The van der Waals surface area contributed by atoms with Crippen LogP contribution in [0.25, 0.3) is 0 Å². The first-order valence-corrected chi connectivity index (χ1v) is 6.55. The predicted molar refractivity (Wildman–Crippen MR) is 81.8 cm³/mol. The molecular weight excluding hydrogens is 295 g/mol. The number of nitrogens with one attached hydrogen (secondary N) is 2. The van der Waals surface area contributed by atoms with Gasteiger partial charge in [0, 0.05) is 16.8 Å². The fraction of sp³-hybridized carbons (Fsp3) is 0.133. The summed E-state index contributed by atoms with van der Waals surface area (Å²) < 4.78 is 18.0. The van der Waals surface area contributed by atoms with E-state index in [1.165, 1.54) is 31.4 Å². The third-order valence-electron chi connectivity index (χ3n) is 2.83. The number of rotatable bonds is 3. The Hall–Kier alpha value is -2.27. The summed E-state index contributed by atoms with van der Waals surface area (Å²) in [5, 5.41) is 5.82. The number of benzene rings is 2. The molecule has 0 heterocycles. The molecule has 0 atom stereocenters. The Labute approximate surface area is 126 Å². The highest BCUT2D eigenvalue weighted by Gasteiger charge is 2.10. The summed E-state index contributed by atoms with van der Waals surface area (Å²) >= 11 is 6.00. The fourth-order valence-corrected chi connectivity index (χ4v) is 1.90. The first-order valence-electron chi connectivity index (χ1n) is 6.17. The minimum Gasteiger partial charge on any atom is -0.495 e. The Balaban J connectivity index is 2.12. The van der Waals surface area contributed by atoms with Gasteiger partial charge in [0.05, 0.1) is 12.8 Å². The number of carbonyl (C=O) groups excluding carboxylic acids is 1. The summed E-state index contributed by atoms with van der Waals surface area (Å²) in [6.45, 7) is 1.82. The molecule has 0 bridgehead atoms. The van der Waals surface area contributed by atoms with Crippen LogP contribution in [0.1, 0.15) is 5.56 Å². The van der Waals surface area contributed by atoms with Crippen molar-refractivity contribution in [3.8, 4) is 5.75 Å². The molecule has 2 rings (SSSR count). The van der Waals surface area contributed by atoms with Gasteiger partial charge in [-0.1, -0.05) is 11.6 Å². The van der Waals surface area contributed by atoms with E-state index in [0.717, 1.165) is 5.56 Å². The SMILES string of the molecule is COc1cc(Cl)c(C)cc1NC(=O)Nc1ccc(F)cc1. The van der Waals surface area contributed by atoms with Gasteiger partial charge in [-0.15, -0.1) is 0 Å². The minimum absolute atomic E-state index is 0.365. The molecule has 0 aromatic heterocycles. The fourth-order valence-electron chi connectivity index (χ4n) is 1.75. The van der Waals surface area contributed by atoms with Crippen molar-refractivity contribution in [3.63, 3.8) is 0 Å². The molecule has 0 saturated heterocycles. The smallest absolute Gasteiger partial charge is 0.323 e. The van der Waals surface area contributed by atoms with E-state index >= 15 is 0 Å². The summed E-state index contributed by atoms with van der Waals surface area (Å²) in [5.74, 6) is 0.0933. The van der Waals surface area contributed by atoms with E-state index in [4.69, 9.17) is 16.3 Å². The molecule has 4 nitrogen and oxygen atoms in total. The van der Waals surface area contributed by atoms with Crippen molar-refractivity contribution < 1.29 is 13.9 Å². The second-order valence-electron chi connectivity index (χ2n) is 4.39. The largest absolute Gasteiger partial charge is 0.495 e. The van der Waals surface area contributed by atoms with Crippen molar-refractivity contribution in [1.82, 2.24) is 0 Å². The zero-order chi connectivity index (χ0) is 15.4. The van der Waals surface area contributed by atoms with Crippen molar-refractivity contribution >= 4 is 29.0 Å². The summed E-state index contributed by atoms with van der Waals surface area (Å²) in [6.07, 6.45) is 0. The van der Waals surface area contributed by atoms with E-state index in [2.05, 4.69) is 10.6 Å². The second kappa shape index (κ2) is 6.45. The molecule has 6 heteroatoms. The van der Waals surface area contributed by atoms with E-state index in [9.17, 15) is 9.18 Å². The number of methoxy groups -OCH3 is 1. The van der Waals surface area contributed by atoms with Crippen LogP contribution < -0.4 is 15.4 Å². The van der Waals surface area contributed by atoms with Crippen molar-refractivity contribution in [2.75, 3.05) is 17.7 Å². The number of halogens is 2. The van der Waals surface area contributed by atoms with Gasteiger partial charge in [0.15, 0.2) is 0 Å². The second-order valence-corrected chi connectivity index (χ2v) is 4.79. The Kier molecular flexibility index (Phi) is 4.65. The molecule has 2 amide bonds. The first-order chi connectivity index (χ1) is 9.99. The topological polar surface area (TPSA) is 50.4 Å². The normalized spacial score (nSPS) is 10.1. The number of ether oxygens (including phenoxy) is 1. The quantitative estimate of drug-likeness (QED) is 0.880. The Morgan fingerprint density at radius 1 is 1.19 bits per heavy atom. The van der Waals surface area contributed by atoms with Gasteiger partial charge in [-0.2, -0.15) is 0 Å². The number of aryl methyl sites for hydroxylation is 1. The first kappa shape index (κ1) is 15.1. The Morgan fingerprint density at radius 2 is 1.86 bits per heavy atom. The lowest BCUT2D eigenvalue weighted by molar-refractivity contribution is 0.262. The van der Waals surface area contributed by atoms with Crippen LogP contribution in [0.5, 0.6) is 5.75 Å². The molecule has 21 heavy (non-hydrogen) atoms. The lowest BCUT2D eigenvalue weighted by Crippen LogP contribution is -2.19. The molecule has 2 N–H and O–H groups in total. The van der Waals surface area contributed by atoms with E-state index in [1.807, 2.05) is 6.92 Å². The summed E-state index contributed by atoms with van der Waals surface area (Å²) in [5.41, 5.74) is 1.80. The lowest BCUT2D eigenvalue weighted by atomic mass is 10.2. The molecule has 0 unspecified atom stereocenters. The highest BCUT2D eigenvalue weighted by atomic mass is 35.5. The van der Waals surface area contributed by atoms with Crippen molar-refractivity contribution in [3.05, 3.63) is 52.8 Å². The van der Waals surface area contributed by atoms with Gasteiger partial charge in [-0.25, -0.2) is 9.18 Å². The van der Waals surface area contributed by atoms with E-state index in [0.29, 0.717) is 22.1 Å². The van der Waals surface area contributed by atoms with Crippen molar-refractivity contribution in [2.45, 2.75) is 6.92 Å². The molecule has 0 radical (unpaired) electrons. The molecule has 0 aliphatic heterocycles. The molecule has 110 valence electrons. The monoisotopic (exact) mass is 308 g/mol. The van der Waals surface area contributed by atoms with Gasteiger partial charge in [0.1, 0.15) is 11.6 Å². The lowest BCUT2D eigenvalue weighted by Gasteiger charge is -2.13. The third kappa shape index (κ3) is 3.86. The molecule has 0 spiro atoms. The Morgan fingerprint density at radius 3 is 2.48 bits per heavy atom. The van der Waals surface area contributed by atoms with E-state index in [1.54, 1.807) is 12.1 Å². The molecule has 0 aliphatic carbocycles. The van der Waals surface area contributed by atoms with Crippen LogP contribution in [-0.4, -0.2) is 13.1 Å². The summed E-state index contributed by atoms with van der Waals surface area (Å²) in [6, 6.07) is 8.36. The highest BCUT2D eigenvalue weighted by Crippen LogP contribution is 2.31. The van der Waals surface area contributed by atoms with Crippen LogP contribution in [0.15, 0.2) is 36.4 Å². The van der Waals surface area contributed by atoms with Crippen LogP contribution in [0.4, 0.5) is 20.6 Å². The number of carbonyl (C=O) groups is 1. The molecule has 0 aliphatic rings. The third-order valence-corrected chi connectivity index (χ3v) is 3.24. The molecule has 2 aromatic carbocycles. The summed E-state index contributed by atoms with van der Waals surface area (Å²) in [7, 11) is 1.49. The van der Waals surface area contributed by atoms with Gasteiger partial charge in [0.25, 0.3) is 0 Å². The van der Waals surface area contributed by atoms with Gasteiger partial charge < -0.3 is 15.4 Å². The van der Waals surface area contributed by atoms with Gasteiger partial charge in [0.2, 0.25) is 0 Å². The van der Waals surface area contributed by atoms with Crippen LogP contribution in [0.2, 0.25) is 5.02 Å². The highest BCUT2D eigenvalue weighted by molar-refractivity contribution is 6.31. The minimum atomic E-state index is -0.457. The predicted octanol–water partition coefficient (Wildman–Crippen LogP) is 4.44. The zero-order valence-electron chi connectivity index (χ0n) is 11.5. The molecule has 2 aromatic rings.